The van der Waals surface area contributed by atoms with E-state index in [9.17, 15) is 9.36 Å². The summed E-state index contributed by atoms with van der Waals surface area (Å²) in [6.07, 6.45) is 2.16. The van der Waals surface area contributed by atoms with Crippen LogP contribution < -0.4 is 20.7 Å². The molecule has 0 unspecified atom stereocenters. The number of para-hydroxylation sites is 1. The number of nitrogens with zero attached hydrogens (tertiary/aromatic N) is 4. The van der Waals surface area contributed by atoms with E-state index in [1.165, 1.54) is 0 Å². The quantitative estimate of drug-likeness (QED) is 0.132. The summed E-state index contributed by atoms with van der Waals surface area (Å²) in [5.41, 5.74) is 3.83. The van der Waals surface area contributed by atoms with E-state index in [-0.39, 0.29) is 5.41 Å². The minimum absolute atomic E-state index is 0.247. The number of carbonyl (C=O) groups is 1. The van der Waals surface area contributed by atoms with Crippen molar-refractivity contribution in [1.82, 2.24) is 19.7 Å². The molecule has 0 spiro atoms. The van der Waals surface area contributed by atoms with Gasteiger partial charge in [-0.3, -0.25) is 5.32 Å². The molecule has 0 atom stereocenters. The van der Waals surface area contributed by atoms with Gasteiger partial charge in [0.1, 0.15) is 11.6 Å². The fourth-order valence-corrected chi connectivity index (χ4v) is 6.27. The van der Waals surface area contributed by atoms with Crippen molar-refractivity contribution in [3.05, 3.63) is 121 Å². The number of nitrogens with one attached hydrogen (secondary N) is 3. The fraction of sp³-hybridized carbons (Fsp3) is 0.189. The van der Waals surface area contributed by atoms with Gasteiger partial charge in [0.05, 0.1) is 24.2 Å². The maximum Gasteiger partial charge on any atom is 0.324 e. The van der Waals surface area contributed by atoms with Gasteiger partial charge in [0.25, 0.3) is 0 Å². The van der Waals surface area contributed by atoms with Crippen molar-refractivity contribution in [3.63, 3.8) is 0 Å². The van der Waals surface area contributed by atoms with Crippen LogP contribution in [0.5, 0.6) is 11.6 Å². The standard InChI is InChI=1S/C37H38N7O3P/c1-37(2,3)32-23-33(44(43-32)27-17-15-25(16-18-27)24-48(4,5)46)41-36(45)40-30-19-20-31(29-14-10-9-13-28(29)30)47-34-21-22-38-35(42-34)39-26-11-7-6-8-12-26/h6-23H,24H2,1-5H3,(H,38,39,42)(H2,40,41,45). The number of fused-ring (bicyclic) bond motifs is 1. The Labute approximate surface area is 280 Å². The Hall–Kier alpha value is -5.47. The van der Waals surface area contributed by atoms with Crippen molar-refractivity contribution >= 4 is 47.1 Å². The second kappa shape index (κ2) is 13.3. The number of ether oxygens (including phenoxy) is 1. The summed E-state index contributed by atoms with van der Waals surface area (Å²) < 4.78 is 20.3. The Kier molecular flexibility index (Phi) is 9.02. The third-order valence-corrected chi connectivity index (χ3v) is 8.60. The molecule has 0 fully saturated rings. The second-order valence-corrected chi connectivity index (χ2v) is 16.5. The normalized spacial score (nSPS) is 11.7. The van der Waals surface area contributed by atoms with Gasteiger partial charge in [-0.1, -0.05) is 75.4 Å². The molecular weight excluding hydrogens is 621 g/mol. The highest BCUT2D eigenvalue weighted by Crippen LogP contribution is 2.40. The summed E-state index contributed by atoms with van der Waals surface area (Å²) in [4.78, 5) is 22.3. The van der Waals surface area contributed by atoms with Crippen molar-refractivity contribution in [2.45, 2.75) is 32.3 Å². The van der Waals surface area contributed by atoms with Gasteiger partial charge in [0.2, 0.25) is 11.8 Å². The van der Waals surface area contributed by atoms with Crippen molar-refractivity contribution in [2.75, 3.05) is 29.3 Å². The summed E-state index contributed by atoms with van der Waals surface area (Å²) >= 11 is 0. The van der Waals surface area contributed by atoms with Crippen molar-refractivity contribution in [2.24, 2.45) is 0 Å². The zero-order valence-corrected chi connectivity index (χ0v) is 28.5. The molecule has 0 saturated heterocycles. The largest absolute Gasteiger partial charge is 0.438 e. The average Bonchev–Trinajstić information content (AvgIpc) is 3.47. The Morgan fingerprint density at radius 3 is 2.27 bits per heavy atom. The average molecular weight is 660 g/mol. The van der Waals surface area contributed by atoms with Gasteiger partial charge in [-0.15, -0.1) is 0 Å². The van der Waals surface area contributed by atoms with E-state index in [2.05, 4.69) is 46.7 Å². The van der Waals surface area contributed by atoms with Crippen LogP contribution in [-0.4, -0.2) is 39.1 Å². The molecule has 0 radical (unpaired) electrons. The maximum atomic E-state index is 13.5. The summed E-state index contributed by atoms with van der Waals surface area (Å²) in [7, 11) is -2.21. The number of hydrogen-bond donors (Lipinski definition) is 3. The third kappa shape index (κ3) is 7.90. The Bertz CT molecular complexity index is 2120. The van der Waals surface area contributed by atoms with E-state index >= 15 is 0 Å². The van der Waals surface area contributed by atoms with Crippen molar-refractivity contribution < 1.29 is 14.1 Å². The molecule has 0 aliphatic carbocycles. The Morgan fingerprint density at radius 2 is 1.56 bits per heavy atom. The summed E-state index contributed by atoms with van der Waals surface area (Å²) in [5, 5.41) is 15.6. The van der Waals surface area contributed by atoms with Crippen LogP contribution >= 0.6 is 7.14 Å². The van der Waals surface area contributed by atoms with Crippen LogP contribution in [0.2, 0.25) is 0 Å². The lowest BCUT2D eigenvalue weighted by Crippen LogP contribution is -2.21. The summed E-state index contributed by atoms with van der Waals surface area (Å²) in [6, 6.07) is 31.9. The van der Waals surface area contributed by atoms with Gasteiger partial charge >= 0.3 is 6.03 Å². The van der Waals surface area contributed by atoms with Crippen LogP contribution in [-0.2, 0) is 16.1 Å². The van der Waals surface area contributed by atoms with Gasteiger partial charge in [-0.25, -0.2) is 14.5 Å². The van der Waals surface area contributed by atoms with Gasteiger partial charge in [-0.2, -0.15) is 10.1 Å². The zero-order chi connectivity index (χ0) is 33.9. The van der Waals surface area contributed by atoms with Gasteiger partial charge < -0.3 is 19.9 Å². The smallest absolute Gasteiger partial charge is 0.324 e. The monoisotopic (exact) mass is 659 g/mol. The van der Waals surface area contributed by atoms with Gasteiger partial charge in [-0.05, 0) is 55.3 Å². The predicted octanol–water partition coefficient (Wildman–Crippen LogP) is 9.42. The summed E-state index contributed by atoms with van der Waals surface area (Å²) in [5.74, 6) is 1.89. The van der Waals surface area contributed by atoms with Crippen molar-refractivity contribution in [3.8, 4) is 17.3 Å². The number of aromatic nitrogens is 4. The van der Waals surface area contributed by atoms with Crippen LogP contribution in [0.1, 0.15) is 32.0 Å². The molecule has 2 aromatic heterocycles. The molecule has 0 bridgehead atoms. The number of carbonyl (C=O) groups excluding carboxylic acids is 1. The minimum Gasteiger partial charge on any atom is -0.438 e. The van der Waals surface area contributed by atoms with E-state index in [0.717, 1.165) is 33.4 Å². The highest BCUT2D eigenvalue weighted by molar-refractivity contribution is 7.61. The molecule has 0 aliphatic rings. The number of amides is 2. The highest BCUT2D eigenvalue weighted by Gasteiger charge is 2.22. The van der Waals surface area contributed by atoms with E-state index in [4.69, 9.17) is 9.84 Å². The van der Waals surface area contributed by atoms with Crippen LogP contribution in [0.25, 0.3) is 16.5 Å². The fourth-order valence-electron chi connectivity index (χ4n) is 5.18. The molecule has 0 aliphatic heterocycles. The molecule has 2 heterocycles. The van der Waals surface area contributed by atoms with E-state index in [1.54, 1.807) is 42.4 Å². The van der Waals surface area contributed by atoms with Crippen molar-refractivity contribution in [1.29, 1.82) is 0 Å². The predicted molar refractivity (Wildman–Crippen MR) is 194 cm³/mol. The molecule has 244 valence electrons. The maximum absolute atomic E-state index is 13.5. The molecular formula is C37H38N7O3P. The van der Waals surface area contributed by atoms with Crippen LogP contribution in [0.4, 0.5) is 27.9 Å². The lowest BCUT2D eigenvalue weighted by Gasteiger charge is -2.14. The Balaban J connectivity index is 1.23. The molecule has 10 nitrogen and oxygen atoms in total. The SMILES string of the molecule is CC(C)(C)c1cc(NC(=O)Nc2ccc(Oc3ccnc(Nc4ccccc4)n3)c3ccccc23)n(-c2ccc(CP(C)(C)=O)cc2)n1. The van der Waals surface area contributed by atoms with Crippen LogP contribution in [0, 0.1) is 0 Å². The Morgan fingerprint density at radius 1 is 0.854 bits per heavy atom. The van der Waals surface area contributed by atoms with Crippen LogP contribution in [0.3, 0.4) is 0 Å². The lowest BCUT2D eigenvalue weighted by atomic mass is 9.92. The molecule has 0 saturated carbocycles. The first kappa shape index (κ1) is 32.5. The molecule has 48 heavy (non-hydrogen) atoms. The molecule has 2 amide bonds. The first-order chi connectivity index (χ1) is 22.9. The number of hydrogen-bond acceptors (Lipinski definition) is 7. The number of anilines is 4. The number of urea groups is 1. The topological polar surface area (TPSA) is 123 Å². The highest BCUT2D eigenvalue weighted by atomic mass is 31.2. The van der Waals surface area contributed by atoms with Gasteiger partial charge in [0.15, 0.2) is 0 Å². The molecule has 3 N–H and O–H groups in total. The number of rotatable bonds is 9. The zero-order valence-electron chi connectivity index (χ0n) is 27.6. The molecule has 4 aromatic carbocycles. The third-order valence-electron chi connectivity index (χ3n) is 7.47. The van der Waals surface area contributed by atoms with Gasteiger partial charge in [0, 0.05) is 46.4 Å². The summed E-state index contributed by atoms with van der Waals surface area (Å²) in [6.45, 7) is 9.79. The van der Waals surface area contributed by atoms with E-state index in [0.29, 0.717) is 35.2 Å². The lowest BCUT2D eigenvalue weighted by molar-refractivity contribution is 0.262. The molecule has 11 heteroatoms. The molecule has 6 aromatic rings. The minimum atomic E-state index is -2.21. The van der Waals surface area contributed by atoms with Crippen LogP contribution in [0.15, 0.2) is 109 Å². The van der Waals surface area contributed by atoms with E-state index < -0.39 is 13.2 Å². The first-order valence-corrected chi connectivity index (χ1v) is 18.4. The molecule has 6 rings (SSSR count). The van der Waals surface area contributed by atoms with E-state index in [1.807, 2.05) is 84.9 Å². The number of benzene rings is 4. The first-order valence-electron chi connectivity index (χ1n) is 15.6. The second-order valence-electron chi connectivity index (χ2n) is 13.0.